The first kappa shape index (κ1) is 27.0. The first-order chi connectivity index (χ1) is 14.7. The quantitative estimate of drug-likeness (QED) is 0.212. The van der Waals surface area contributed by atoms with Crippen LogP contribution in [0.25, 0.3) is 0 Å². The van der Waals surface area contributed by atoms with Gasteiger partial charge < -0.3 is 10.0 Å². The first-order valence-electron chi connectivity index (χ1n) is 10.1. The Morgan fingerprint density at radius 2 is 1.97 bits per heavy atom. The van der Waals surface area contributed by atoms with E-state index in [2.05, 4.69) is 53.7 Å². The fourth-order valence-electron chi connectivity index (χ4n) is 2.66. The van der Waals surface area contributed by atoms with Crippen LogP contribution >= 0.6 is 23.4 Å². The van der Waals surface area contributed by atoms with Crippen molar-refractivity contribution in [2.75, 3.05) is 21.1 Å². The molecule has 0 aromatic heterocycles. The maximum Gasteiger partial charge on any atom is 0.152 e. The van der Waals surface area contributed by atoms with Gasteiger partial charge >= 0.3 is 0 Å². The molecular formula is C24H33ClN4OS. The number of aliphatic hydroxyl groups is 1. The predicted octanol–water partition coefficient (Wildman–Crippen LogP) is 5.25. The van der Waals surface area contributed by atoms with Crippen LogP contribution in [0.5, 0.6) is 0 Å². The van der Waals surface area contributed by atoms with Gasteiger partial charge in [-0.1, -0.05) is 49.4 Å². The zero-order valence-electron chi connectivity index (χ0n) is 19.0. The molecular weight excluding hydrogens is 428 g/mol. The highest BCUT2D eigenvalue weighted by atomic mass is 35.5. The van der Waals surface area contributed by atoms with Crippen LogP contribution in [0.2, 0.25) is 0 Å². The number of nitrogens with zero attached hydrogens (tertiary/aromatic N) is 4. The molecule has 0 saturated carbocycles. The smallest absolute Gasteiger partial charge is 0.152 e. The summed E-state index contributed by atoms with van der Waals surface area (Å²) in [7, 11) is 5.64. The van der Waals surface area contributed by atoms with Crippen molar-refractivity contribution in [2.45, 2.75) is 45.4 Å². The third kappa shape index (κ3) is 10.2. The molecule has 0 radical (unpaired) electrons. The molecule has 0 spiro atoms. The lowest BCUT2D eigenvalue weighted by Gasteiger charge is -2.24. The van der Waals surface area contributed by atoms with Gasteiger partial charge in [-0.15, -0.1) is 6.42 Å². The molecule has 1 aromatic rings. The molecule has 31 heavy (non-hydrogen) atoms. The largest absolute Gasteiger partial charge is 0.378 e. The minimum absolute atomic E-state index is 0.325. The number of aliphatic imine (C=N–C) groups is 2. The van der Waals surface area contributed by atoms with Crippen LogP contribution in [0.15, 0.2) is 57.1 Å². The van der Waals surface area contributed by atoms with E-state index in [1.165, 1.54) is 23.5 Å². The number of halogens is 1. The van der Waals surface area contributed by atoms with E-state index in [4.69, 9.17) is 18.0 Å². The second kappa shape index (κ2) is 14.1. The van der Waals surface area contributed by atoms with Crippen molar-refractivity contribution in [1.29, 1.82) is 0 Å². The van der Waals surface area contributed by atoms with Crippen molar-refractivity contribution in [3.63, 3.8) is 0 Å². The van der Waals surface area contributed by atoms with E-state index in [0.717, 1.165) is 18.4 Å². The minimum atomic E-state index is -0.439. The number of aliphatic hydroxyl groups excluding tert-OH is 1. The molecule has 1 aromatic carbocycles. The highest BCUT2D eigenvalue weighted by molar-refractivity contribution is 8.17. The summed E-state index contributed by atoms with van der Waals surface area (Å²) < 4.78 is 0. The van der Waals surface area contributed by atoms with E-state index in [0.29, 0.717) is 27.6 Å². The third-order valence-electron chi connectivity index (χ3n) is 4.66. The zero-order chi connectivity index (χ0) is 23.4. The molecule has 2 unspecified atom stereocenters. The average molecular weight is 461 g/mol. The van der Waals surface area contributed by atoms with Gasteiger partial charge in [0.05, 0.1) is 17.9 Å². The van der Waals surface area contributed by atoms with Gasteiger partial charge in [0.25, 0.3) is 0 Å². The molecule has 0 saturated heterocycles. The molecule has 0 aliphatic heterocycles. The lowest BCUT2D eigenvalue weighted by molar-refractivity contribution is 0.0270. The summed E-state index contributed by atoms with van der Waals surface area (Å²) in [5.74, 6) is 2.85. The molecule has 168 valence electrons. The standard InChI is InChI=1S/C24H33ClN4OS/c1-8-21(14-24(30)28(5)6)22-12-10-20(11-13-22)16-26-17-29(7)19(4)31-23(9-2)27-15-18(3)25/h2,10-13,15,17,21,24,30H,4,8,14,16H2,1,3,5-7H3. The Kier molecular flexibility index (Phi) is 12.3. The Labute approximate surface area is 196 Å². The van der Waals surface area contributed by atoms with Crippen LogP contribution in [0.3, 0.4) is 0 Å². The van der Waals surface area contributed by atoms with Crippen LogP contribution < -0.4 is 0 Å². The fraction of sp³-hybridized carbons (Fsp3) is 0.417. The predicted molar refractivity (Wildman–Crippen MR) is 136 cm³/mol. The molecule has 0 fully saturated rings. The van der Waals surface area contributed by atoms with E-state index in [-0.39, 0.29) is 0 Å². The third-order valence-corrected chi connectivity index (χ3v) is 5.69. The Balaban J connectivity index is 2.66. The molecule has 1 rings (SSSR count). The highest BCUT2D eigenvalue weighted by Crippen LogP contribution is 2.26. The topological polar surface area (TPSA) is 51.4 Å². The number of allylic oxidation sites excluding steroid dienone is 1. The highest BCUT2D eigenvalue weighted by Gasteiger charge is 2.16. The van der Waals surface area contributed by atoms with Crippen molar-refractivity contribution in [3.05, 3.63) is 58.2 Å². The van der Waals surface area contributed by atoms with Crippen LogP contribution in [-0.2, 0) is 6.54 Å². The van der Waals surface area contributed by atoms with Gasteiger partial charge in [-0.25, -0.2) is 4.99 Å². The van der Waals surface area contributed by atoms with Gasteiger partial charge in [0, 0.05) is 18.3 Å². The Morgan fingerprint density at radius 3 is 2.48 bits per heavy atom. The summed E-state index contributed by atoms with van der Waals surface area (Å²) in [4.78, 5) is 12.3. The summed E-state index contributed by atoms with van der Waals surface area (Å²) in [5.41, 5.74) is 2.35. The number of hydrogen-bond acceptors (Lipinski definition) is 5. The number of terminal acetylenes is 1. The molecule has 1 N–H and O–H groups in total. The molecule has 0 aliphatic rings. The number of benzene rings is 1. The fourth-order valence-corrected chi connectivity index (χ4v) is 3.28. The Morgan fingerprint density at radius 1 is 1.32 bits per heavy atom. The van der Waals surface area contributed by atoms with Crippen molar-refractivity contribution >= 4 is 34.7 Å². The molecule has 0 heterocycles. The van der Waals surface area contributed by atoms with Crippen LogP contribution in [0.4, 0.5) is 0 Å². The molecule has 5 nitrogen and oxygen atoms in total. The SMILES string of the molecule is C#CC(=NC=C(C)Cl)SC(=C)N(C)C=NCc1ccc(C(CC)CC(O)N(C)C)cc1. The maximum absolute atomic E-state index is 10.1. The summed E-state index contributed by atoms with van der Waals surface area (Å²) in [6.07, 6.45) is 9.98. The first-order valence-corrected chi connectivity index (χ1v) is 11.3. The zero-order valence-corrected chi connectivity index (χ0v) is 20.6. The molecule has 0 amide bonds. The number of thioether (sulfide) groups is 1. The van der Waals surface area contributed by atoms with Gasteiger partial charge in [-0.3, -0.25) is 9.89 Å². The monoisotopic (exact) mass is 460 g/mol. The summed E-state index contributed by atoms with van der Waals surface area (Å²) in [6.45, 7) is 8.46. The van der Waals surface area contributed by atoms with E-state index in [1.807, 2.05) is 26.0 Å². The summed E-state index contributed by atoms with van der Waals surface area (Å²) in [6, 6.07) is 8.43. The van der Waals surface area contributed by atoms with Gasteiger partial charge in [-0.05, 0) is 68.6 Å². The second-order valence-electron chi connectivity index (χ2n) is 7.38. The van der Waals surface area contributed by atoms with Crippen LogP contribution in [0, 0.1) is 12.3 Å². The Hall–Kier alpha value is -2.04. The van der Waals surface area contributed by atoms with E-state index in [9.17, 15) is 5.11 Å². The minimum Gasteiger partial charge on any atom is -0.378 e. The van der Waals surface area contributed by atoms with Crippen molar-refractivity contribution in [1.82, 2.24) is 9.80 Å². The lowest BCUT2D eigenvalue weighted by atomic mass is 9.91. The van der Waals surface area contributed by atoms with Crippen LogP contribution in [0.1, 0.15) is 43.7 Å². The number of rotatable bonds is 11. The van der Waals surface area contributed by atoms with Crippen molar-refractivity contribution in [3.8, 4) is 12.3 Å². The van der Waals surface area contributed by atoms with Crippen LogP contribution in [-0.4, -0.2) is 53.7 Å². The normalized spacial score (nSPS) is 14.5. The van der Waals surface area contributed by atoms with E-state index >= 15 is 0 Å². The van der Waals surface area contributed by atoms with Crippen molar-refractivity contribution in [2.24, 2.45) is 9.98 Å². The molecule has 0 aliphatic carbocycles. The van der Waals surface area contributed by atoms with Gasteiger partial charge in [0.15, 0.2) is 5.04 Å². The lowest BCUT2D eigenvalue weighted by Crippen LogP contribution is -2.29. The summed E-state index contributed by atoms with van der Waals surface area (Å²) in [5, 5.41) is 11.9. The van der Waals surface area contributed by atoms with E-state index < -0.39 is 6.23 Å². The number of hydrogen-bond donors (Lipinski definition) is 1. The Bertz CT molecular complexity index is 836. The molecule has 2 atom stereocenters. The summed E-state index contributed by atoms with van der Waals surface area (Å²) >= 11 is 7.07. The van der Waals surface area contributed by atoms with E-state index in [1.54, 1.807) is 18.2 Å². The van der Waals surface area contributed by atoms with Crippen molar-refractivity contribution < 1.29 is 5.11 Å². The average Bonchev–Trinajstić information content (AvgIpc) is 2.74. The maximum atomic E-state index is 10.1. The molecule has 7 heteroatoms. The van der Waals surface area contributed by atoms with Gasteiger partial charge in [-0.2, -0.15) is 0 Å². The molecule has 0 bridgehead atoms. The second-order valence-corrected chi connectivity index (χ2v) is 9.04. The van der Waals surface area contributed by atoms with Gasteiger partial charge in [0.1, 0.15) is 6.23 Å². The van der Waals surface area contributed by atoms with Gasteiger partial charge in [0.2, 0.25) is 0 Å².